The Kier molecular flexibility index (Phi) is 7.82. The number of aromatic nitrogens is 1. The topological polar surface area (TPSA) is 22.1 Å². The zero-order valence-corrected chi connectivity index (χ0v) is 23.9. The average Bonchev–Trinajstić information content (AvgIpc) is 3.43. The minimum absolute atomic E-state index is 0.0752. The van der Waals surface area contributed by atoms with Gasteiger partial charge in [-0.05, 0) is 77.2 Å². The molecule has 0 aliphatic heterocycles. The van der Waals surface area contributed by atoms with Gasteiger partial charge >= 0.3 is 6.11 Å². The van der Waals surface area contributed by atoms with Gasteiger partial charge < -0.3 is 4.74 Å². The van der Waals surface area contributed by atoms with Crippen molar-refractivity contribution in [3.8, 4) is 38.6 Å². The second-order valence-corrected chi connectivity index (χ2v) is 11.1. The van der Waals surface area contributed by atoms with Crippen molar-refractivity contribution in [1.29, 1.82) is 0 Å². The van der Waals surface area contributed by atoms with Crippen LogP contribution in [0.2, 0.25) is 0 Å². The molecule has 5 aromatic carbocycles. The SMILES string of the molecule is CCc1ccc(-c2ccc3nc(-c4cc(F)c(C(F)(F)Oc5ccc(-c6cc(F)c(F)c(F)c6)c(F)c5)c(F)c4)sc3c2)cc1. The fourth-order valence-electron chi connectivity index (χ4n) is 4.84. The molecule has 0 saturated heterocycles. The Morgan fingerprint density at radius 2 is 1.27 bits per heavy atom. The van der Waals surface area contributed by atoms with Crippen molar-refractivity contribution in [2.75, 3.05) is 0 Å². The van der Waals surface area contributed by atoms with Gasteiger partial charge in [0.1, 0.15) is 33.8 Å². The van der Waals surface area contributed by atoms with E-state index in [0.29, 0.717) is 35.8 Å². The van der Waals surface area contributed by atoms with Crippen molar-refractivity contribution in [1.82, 2.24) is 4.98 Å². The highest BCUT2D eigenvalue weighted by molar-refractivity contribution is 7.21. The zero-order valence-electron chi connectivity index (χ0n) is 23.1. The quantitative estimate of drug-likeness (QED) is 0.128. The minimum atomic E-state index is -4.59. The van der Waals surface area contributed by atoms with E-state index in [-0.39, 0.29) is 10.6 Å². The summed E-state index contributed by atoms with van der Waals surface area (Å²) in [5.74, 6) is -10.3. The van der Waals surface area contributed by atoms with Crippen LogP contribution in [0.3, 0.4) is 0 Å². The third kappa shape index (κ3) is 5.87. The third-order valence-electron chi connectivity index (χ3n) is 7.15. The molecular weight excluding hydrogens is 622 g/mol. The summed E-state index contributed by atoms with van der Waals surface area (Å²) in [6, 6.07) is 18.1. The monoisotopic (exact) mass is 641 g/mol. The minimum Gasteiger partial charge on any atom is -0.429 e. The fourth-order valence-corrected chi connectivity index (χ4v) is 5.83. The number of hydrogen-bond acceptors (Lipinski definition) is 3. The molecule has 6 rings (SSSR count). The molecule has 228 valence electrons. The zero-order chi connectivity index (χ0) is 32.0. The number of fused-ring (bicyclic) bond motifs is 1. The van der Waals surface area contributed by atoms with Crippen molar-refractivity contribution in [3.05, 3.63) is 131 Å². The first kappa shape index (κ1) is 30.3. The number of benzene rings is 5. The van der Waals surface area contributed by atoms with Gasteiger partial charge in [-0.3, -0.25) is 0 Å². The molecule has 6 aromatic rings. The van der Waals surface area contributed by atoms with Gasteiger partial charge in [-0.15, -0.1) is 11.3 Å². The summed E-state index contributed by atoms with van der Waals surface area (Å²) in [6.07, 6.45) is -3.69. The number of nitrogens with zero attached hydrogens (tertiary/aromatic N) is 1. The Bertz CT molecular complexity index is 2030. The van der Waals surface area contributed by atoms with Crippen LogP contribution in [0.1, 0.15) is 18.1 Å². The predicted molar refractivity (Wildman–Crippen MR) is 156 cm³/mol. The molecule has 0 radical (unpaired) electrons. The van der Waals surface area contributed by atoms with Gasteiger partial charge in [0.25, 0.3) is 0 Å². The number of alkyl halides is 2. The molecule has 0 unspecified atom stereocenters. The number of halogens is 8. The number of rotatable bonds is 7. The van der Waals surface area contributed by atoms with Crippen LogP contribution in [-0.4, -0.2) is 4.98 Å². The highest BCUT2D eigenvalue weighted by Gasteiger charge is 2.41. The Hall–Kier alpha value is -4.77. The van der Waals surface area contributed by atoms with E-state index in [1.807, 2.05) is 36.4 Å². The fraction of sp³-hybridized carbons (Fsp3) is 0.0882. The first-order valence-corrected chi connectivity index (χ1v) is 14.3. The lowest BCUT2D eigenvalue weighted by atomic mass is 10.0. The van der Waals surface area contributed by atoms with Gasteiger partial charge in [0, 0.05) is 17.2 Å². The smallest absolute Gasteiger partial charge is 0.429 e. The number of ether oxygens (including phenoxy) is 1. The largest absolute Gasteiger partial charge is 0.432 e. The first-order chi connectivity index (χ1) is 21.4. The summed E-state index contributed by atoms with van der Waals surface area (Å²) in [6.45, 7) is 2.06. The molecule has 0 fully saturated rings. The number of aryl methyl sites for hydroxylation is 1. The van der Waals surface area contributed by atoms with E-state index in [1.54, 1.807) is 6.07 Å². The second kappa shape index (κ2) is 11.6. The molecule has 2 nitrogen and oxygen atoms in total. The molecule has 0 saturated carbocycles. The molecule has 11 heteroatoms. The highest BCUT2D eigenvalue weighted by Crippen LogP contribution is 2.40. The van der Waals surface area contributed by atoms with Gasteiger partial charge in [0.15, 0.2) is 17.5 Å². The van der Waals surface area contributed by atoms with Crippen LogP contribution in [0.5, 0.6) is 5.75 Å². The molecule has 0 aliphatic carbocycles. The van der Waals surface area contributed by atoms with E-state index in [1.165, 1.54) is 5.56 Å². The van der Waals surface area contributed by atoms with E-state index in [0.717, 1.165) is 45.7 Å². The summed E-state index contributed by atoms with van der Waals surface area (Å²) >= 11 is 1.13. The normalized spacial score (nSPS) is 11.8. The maximum absolute atomic E-state index is 15.1. The van der Waals surface area contributed by atoms with E-state index < -0.39 is 63.5 Å². The van der Waals surface area contributed by atoms with Gasteiger partial charge in [-0.25, -0.2) is 31.3 Å². The Balaban J connectivity index is 1.26. The van der Waals surface area contributed by atoms with Crippen LogP contribution in [0.15, 0.2) is 84.9 Å². The lowest BCUT2D eigenvalue weighted by molar-refractivity contribution is -0.189. The Labute approximate surface area is 255 Å². The molecule has 0 spiro atoms. The van der Waals surface area contributed by atoms with Gasteiger partial charge in [-0.2, -0.15) is 8.78 Å². The maximum atomic E-state index is 15.1. The molecule has 0 bridgehead atoms. The van der Waals surface area contributed by atoms with Crippen LogP contribution in [0.25, 0.3) is 43.0 Å². The maximum Gasteiger partial charge on any atom is 0.432 e. The molecule has 0 amide bonds. The molecule has 0 aliphatic rings. The lowest BCUT2D eigenvalue weighted by Crippen LogP contribution is -2.25. The molecule has 1 aromatic heterocycles. The van der Waals surface area contributed by atoms with Crippen molar-refractivity contribution >= 4 is 21.6 Å². The second-order valence-electron chi connectivity index (χ2n) is 10.1. The standard InChI is InChI=1S/C34H19F8NOS/c1-2-17-3-5-18(6-4-17)19-7-10-29-30(15-19)45-33(43-29)21-13-25(36)31(26(37)14-21)34(41,42)44-22-8-9-23(24(35)16-22)20-11-27(38)32(40)28(39)12-20/h3-16H,2H2,1H3. The van der Waals surface area contributed by atoms with Crippen molar-refractivity contribution in [2.45, 2.75) is 19.5 Å². The van der Waals surface area contributed by atoms with E-state index in [9.17, 15) is 17.6 Å². The Morgan fingerprint density at radius 1 is 0.644 bits per heavy atom. The molecule has 0 atom stereocenters. The molecule has 0 N–H and O–H groups in total. The number of thiazole rings is 1. The lowest BCUT2D eigenvalue weighted by Gasteiger charge is -2.20. The highest BCUT2D eigenvalue weighted by atomic mass is 32.1. The van der Waals surface area contributed by atoms with E-state index in [4.69, 9.17) is 0 Å². The van der Waals surface area contributed by atoms with Crippen LogP contribution in [-0.2, 0) is 12.5 Å². The van der Waals surface area contributed by atoms with Crippen LogP contribution in [0.4, 0.5) is 35.1 Å². The molecular formula is C34H19F8NOS. The average molecular weight is 642 g/mol. The number of hydrogen-bond donors (Lipinski definition) is 0. The van der Waals surface area contributed by atoms with Crippen molar-refractivity contribution in [3.63, 3.8) is 0 Å². The van der Waals surface area contributed by atoms with Crippen molar-refractivity contribution in [2.24, 2.45) is 0 Å². The summed E-state index contributed by atoms with van der Waals surface area (Å²) in [5, 5.41) is 0.198. The van der Waals surface area contributed by atoms with Crippen LogP contribution >= 0.6 is 11.3 Å². The van der Waals surface area contributed by atoms with Crippen LogP contribution < -0.4 is 4.74 Å². The van der Waals surface area contributed by atoms with Gasteiger partial charge in [0.05, 0.1) is 10.2 Å². The summed E-state index contributed by atoms with van der Waals surface area (Å²) < 4.78 is 121. The van der Waals surface area contributed by atoms with E-state index in [2.05, 4.69) is 16.6 Å². The first-order valence-electron chi connectivity index (χ1n) is 13.4. The van der Waals surface area contributed by atoms with Gasteiger partial charge in [-0.1, -0.05) is 37.3 Å². The molecule has 1 heterocycles. The summed E-state index contributed by atoms with van der Waals surface area (Å²) in [4.78, 5) is 4.40. The summed E-state index contributed by atoms with van der Waals surface area (Å²) in [7, 11) is 0. The van der Waals surface area contributed by atoms with E-state index >= 15 is 17.6 Å². The van der Waals surface area contributed by atoms with Gasteiger partial charge in [0.2, 0.25) is 0 Å². The predicted octanol–water partition coefficient (Wildman–Crippen LogP) is 10.8. The third-order valence-corrected chi connectivity index (χ3v) is 8.21. The molecule has 45 heavy (non-hydrogen) atoms. The summed E-state index contributed by atoms with van der Waals surface area (Å²) in [5.41, 5.74) is 0.969. The van der Waals surface area contributed by atoms with Crippen molar-refractivity contribution < 1.29 is 39.9 Å². The Morgan fingerprint density at radius 3 is 1.89 bits per heavy atom. The van der Waals surface area contributed by atoms with Crippen LogP contribution in [0, 0.1) is 34.9 Å².